The number of nitrogens with one attached hydrogen (secondary N) is 1. The minimum atomic E-state index is -0.385. The van der Waals surface area contributed by atoms with Gasteiger partial charge < -0.3 is 14.5 Å². The maximum Gasteiger partial charge on any atom is 0.338 e. The second-order valence-electron chi connectivity index (χ2n) is 8.89. The average Bonchev–Trinajstić information content (AvgIpc) is 3.20. The molecule has 0 saturated heterocycles. The van der Waals surface area contributed by atoms with E-state index in [2.05, 4.69) is 37.4 Å². The molecule has 180 valence electrons. The molecule has 0 unspecified atom stereocenters. The van der Waals surface area contributed by atoms with Gasteiger partial charge in [0.15, 0.2) is 0 Å². The van der Waals surface area contributed by atoms with Crippen molar-refractivity contribution in [1.29, 1.82) is 0 Å². The number of fused-ring (bicyclic) bond motifs is 1. The number of unbranched alkanes of at least 4 members (excludes halogenated alkanes) is 1. The van der Waals surface area contributed by atoms with Crippen LogP contribution in [-0.4, -0.2) is 27.9 Å². The second-order valence-corrected chi connectivity index (χ2v) is 8.89. The van der Waals surface area contributed by atoms with Gasteiger partial charge in [0.1, 0.15) is 5.65 Å². The van der Waals surface area contributed by atoms with Crippen molar-refractivity contribution < 1.29 is 14.3 Å². The van der Waals surface area contributed by atoms with Crippen LogP contribution in [0.3, 0.4) is 0 Å². The number of amides is 1. The molecule has 0 aliphatic carbocycles. The first-order valence-corrected chi connectivity index (χ1v) is 12.0. The molecule has 0 atom stereocenters. The Morgan fingerprint density at radius 3 is 2.57 bits per heavy atom. The van der Waals surface area contributed by atoms with Gasteiger partial charge in [-0.3, -0.25) is 4.79 Å². The Labute approximate surface area is 206 Å². The van der Waals surface area contributed by atoms with E-state index in [9.17, 15) is 9.59 Å². The van der Waals surface area contributed by atoms with Crippen LogP contribution in [0.5, 0.6) is 0 Å². The fraction of sp³-hybridized carbons (Fsp3) is 0.276. The summed E-state index contributed by atoms with van der Waals surface area (Å²) >= 11 is 0. The molecule has 0 aliphatic rings. The molecule has 0 saturated carbocycles. The molecule has 1 N–H and O–H groups in total. The Balaban J connectivity index is 1.61. The van der Waals surface area contributed by atoms with Crippen molar-refractivity contribution in [3.8, 4) is 11.3 Å². The van der Waals surface area contributed by atoms with Gasteiger partial charge in [-0.25, -0.2) is 9.78 Å². The number of rotatable bonds is 8. The number of carbonyl (C=O) groups is 2. The van der Waals surface area contributed by atoms with E-state index in [1.54, 1.807) is 24.3 Å². The van der Waals surface area contributed by atoms with Crippen LogP contribution in [0.4, 0.5) is 5.69 Å². The first kappa shape index (κ1) is 24.2. The molecule has 2 heterocycles. The quantitative estimate of drug-likeness (QED) is 0.251. The Morgan fingerprint density at radius 2 is 1.80 bits per heavy atom. The normalized spacial score (nSPS) is 11.0. The Morgan fingerprint density at radius 1 is 0.971 bits per heavy atom. The standard InChI is InChI=1S/C29H31N3O3/c1-5-6-15-35-29(34)23-10-7-11-24(17-23)30-26(33)18-25-27(22-13-12-19(2)21(4)16-22)31-28-20(3)9-8-14-32(25)28/h7-14,16-17H,5-6,15,18H2,1-4H3,(H,30,33). The predicted octanol–water partition coefficient (Wildman–Crippen LogP) is 6.06. The highest BCUT2D eigenvalue weighted by atomic mass is 16.5. The van der Waals surface area contributed by atoms with Crippen molar-refractivity contribution in [3.05, 3.63) is 88.7 Å². The number of aryl methyl sites for hydroxylation is 3. The minimum absolute atomic E-state index is 0.137. The van der Waals surface area contributed by atoms with E-state index in [-0.39, 0.29) is 18.3 Å². The van der Waals surface area contributed by atoms with E-state index >= 15 is 0 Å². The van der Waals surface area contributed by atoms with Gasteiger partial charge >= 0.3 is 5.97 Å². The molecule has 6 heteroatoms. The fourth-order valence-electron chi connectivity index (χ4n) is 4.02. The van der Waals surface area contributed by atoms with Crippen LogP contribution in [0.15, 0.2) is 60.8 Å². The maximum absolute atomic E-state index is 13.1. The van der Waals surface area contributed by atoms with Gasteiger partial charge in [-0.1, -0.05) is 37.6 Å². The lowest BCUT2D eigenvalue weighted by Gasteiger charge is -2.10. The molecule has 2 aromatic carbocycles. The average molecular weight is 470 g/mol. The van der Waals surface area contributed by atoms with Gasteiger partial charge in [0, 0.05) is 17.4 Å². The molecule has 4 aromatic rings. The number of anilines is 1. The third kappa shape index (κ3) is 5.43. The first-order valence-electron chi connectivity index (χ1n) is 12.0. The summed E-state index contributed by atoms with van der Waals surface area (Å²) in [6.45, 7) is 8.60. The number of esters is 1. The van der Waals surface area contributed by atoms with Crippen LogP contribution in [0.25, 0.3) is 16.9 Å². The van der Waals surface area contributed by atoms with Gasteiger partial charge in [0.25, 0.3) is 0 Å². The Hall–Kier alpha value is -3.93. The topological polar surface area (TPSA) is 72.7 Å². The highest BCUT2D eigenvalue weighted by Gasteiger charge is 2.19. The zero-order valence-corrected chi connectivity index (χ0v) is 20.7. The number of hydrogen-bond donors (Lipinski definition) is 1. The molecule has 0 bridgehead atoms. The Bertz CT molecular complexity index is 1390. The molecule has 1 amide bonds. The molecule has 2 aromatic heterocycles. The molecule has 0 spiro atoms. The smallest absolute Gasteiger partial charge is 0.338 e. The number of benzene rings is 2. The summed E-state index contributed by atoms with van der Waals surface area (Å²) in [5, 5.41) is 2.93. The lowest BCUT2D eigenvalue weighted by molar-refractivity contribution is -0.115. The van der Waals surface area contributed by atoms with Crippen molar-refractivity contribution in [2.45, 2.75) is 47.0 Å². The Kier molecular flexibility index (Phi) is 7.30. The number of nitrogens with zero attached hydrogens (tertiary/aromatic N) is 2. The zero-order valence-electron chi connectivity index (χ0n) is 20.7. The van der Waals surface area contributed by atoms with E-state index in [1.807, 2.05) is 36.6 Å². The molecule has 0 aliphatic heterocycles. The van der Waals surface area contributed by atoms with Gasteiger partial charge in [-0.15, -0.1) is 0 Å². The number of ether oxygens (including phenoxy) is 1. The number of pyridine rings is 1. The monoisotopic (exact) mass is 469 g/mol. The lowest BCUT2D eigenvalue weighted by Crippen LogP contribution is -2.16. The fourth-order valence-corrected chi connectivity index (χ4v) is 4.02. The van der Waals surface area contributed by atoms with E-state index in [4.69, 9.17) is 9.72 Å². The summed E-state index contributed by atoms with van der Waals surface area (Å²) < 4.78 is 7.28. The van der Waals surface area contributed by atoms with Crippen molar-refractivity contribution >= 4 is 23.2 Å². The highest BCUT2D eigenvalue weighted by molar-refractivity contribution is 5.96. The molecule has 35 heavy (non-hydrogen) atoms. The van der Waals surface area contributed by atoms with Crippen LogP contribution in [0, 0.1) is 20.8 Å². The van der Waals surface area contributed by atoms with Crippen LogP contribution >= 0.6 is 0 Å². The van der Waals surface area contributed by atoms with E-state index in [0.717, 1.165) is 41.0 Å². The van der Waals surface area contributed by atoms with E-state index in [0.29, 0.717) is 17.9 Å². The summed E-state index contributed by atoms with van der Waals surface area (Å²) in [6, 6.07) is 17.1. The van der Waals surface area contributed by atoms with Crippen molar-refractivity contribution in [3.63, 3.8) is 0 Å². The van der Waals surface area contributed by atoms with Crippen molar-refractivity contribution in [1.82, 2.24) is 9.38 Å². The van der Waals surface area contributed by atoms with E-state index in [1.165, 1.54) is 11.1 Å². The molecular weight excluding hydrogens is 438 g/mol. The number of imidazole rings is 1. The molecule has 0 radical (unpaired) electrons. The molecular formula is C29H31N3O3. The first-order chi connectivity index (χ1) is 16.9. The summed E-state index contributed by atoms with van der Waals surface area (Å²) in [5.74, 6) is -0.571. The summed E-state index contributed by atoms with van der Waals surface area (Å²) in [6.07, 6.45) is 3.85. The van der Waals surface area contributed by atoms with Crippen molar-refractivity contribution in [2.75, 3.05) is 11.9 Å². The largest absolute Gasteiger partial charge is 0.462 e. The van der Waals surface area contributed by atoms with Gasteiger partial charge in [0.2, 0.25) is 5.91 Å². The SMILES string of the molecule is CCCCOC(=O)c1cccc(NC(=O)Cc2c(-c3ccc(C)c(C)c3)nc3c(C)cccn23)c1. The third-order valence-electron chi connectivity index (χ3n) is 6.17. The predicted molar refractivity (Wildman–Crippen MR) is 139 cm³/mol. The van der Waals surface area contributed by atoms with Crippen LogP contribution in [-0.2, 0) is 16.0 Å². The lowest BCUT2D eigenvalue weighted by atomic mass is 10.0. The summed E-state index contributed by atoms with van der Waals surface area (Å²) in [4.78, 5) is 30.3. The van der Waals surface area contributed by atoms with Crippen LogP contribution < -0.4 is 5.32 Å². The van der Waals surface area contributed by atoms with Gasteiger partial charge in [0.05, 0.1) is 30.0 Å². The summed E-state index contributed by atoms with van der Waals surface area (Å²) in [7, 11) is 0. The highest BCUT2D eigenvalue weighted by Crippen LogP contribution is 2.28. The number of hydrogen-bond acceptors (Lipinski definition) is 4. The zero-order chi connectivity index (χ0) is 24.9. The second kappa shape index (κ2) is 10.6. The van der Waals surface area contributed by atoms with E-state index < -0.39 is 0 Å². The number of aromatic nitrogens is 2. The minimum Gasteiger partial charge on any atom is -0.462 e. The van der Waals surface area contributed by atoms with Gasteiger partial charge in [-0.05, 0) is 74.2 Å². The van der Waals surface area contributed by atoms with Crippen LogP contribution in [0.1, 0.15) is 52.5 Å². The number of carbonyl (C=O) groups excluding carboxylic acids is 2. The molecule has 0 fully saturated rings. The molecule has 6 nitrogen and oxygen atoms in total. The summed E-state index contributed by atoms with van der Waals surface area (Å²) in [5.41, 5.74) is 7.83. The maximum atomic E-state index is 13.1. The third-order valence-corrected chi connectivity index (χ3v) is 6.17. The van der Waals surface area contributed by atoms with Crippen LogP contribution in [0.2, 0.25) is 0 Å². The van der Waals surface area contributed by atoms with Gasteiger partial charge in [-0.2, -0.15) is 0 Å². The van der Waals surface area contributed by atoms with Crippen molar-refractivity contribution in [2.24, 2.45) is 0 Å². The molecule has 4 rings (SSSR count).